The number of nitrogens with two attached hydrogens (primary N) is 1. The summed E-state index contributed by atoms with van der Waals surface area (Å²) in [6, 6.07) is 0.247. The SMILES string of the molecule is CCC1COCCN1C(=O)C1(CN)CCCCC1. The van der Waals surface area contributed by atoms with Gasteiger partial charge < -0.3 is 15.4 Å². The van der Waals surface area contributed by atoms with E-state index in [1.54, 1.807) is 0 Å². The van der Waals surface area contributed by atoms with E-state index in [1.165, 1.54) is 6.42 Å². The third kappa shape index (κ3) is 2.54. The third-order valence-corrected chi connectivity index (χ3v) is 4.61. The van der Waals surface area contributed by atoms with E-state index in [-0.39, 0.29) is 11.5 Å². The van der Waals surface area contributed by atoms with Crippen molar-refractivity contribution in [2.24, 2.45) is 11.1 Å². The predicted molar refractivity (Wildman–Crippen MR) is 71.2 cm³/mol. The van der Waals surface area contributed by atoms with Gasteiger partial charge >= 0.3 is 0 Å². The molecule has 1 heterocycles. The summed E-state index contributed by atoms with van der Waals surface area (Å²) in [5, 5.41) is 0. The minimum absolute atomic E-state index is 0.247. The molecule has 104 valence electrons. The fourth-order valence-corrected chi connectivity index (χ4v) is 3.30. The quantitative estimate of drug-likeness (QED) is 0.831. The van der Waals surface area contributed by atoms with Crippen molar-refractivity contribution in [1.29, 1.82) is 0 Å². The summed E-state index contributed by atoms with van der Waals surface area (Å²) >= 11 is 0. The molecule has 2 N–H and O–H groups in total. The van der Waals surface area contributed by atoms with Crippen molar-refractivity contribution in [3.63, 3.8) is 0 Å². The first-order chi connectivity index (χ1) is 8.73. The van der Waals surface area contributed by atoms with Crippen molar-refractivity contribution < 1.29 is 9.53 Å². The normalized spacial score (nSPS) is 28.1. The smallest absolute Gasteiger partial charge is 0.230 e. The van der Waals surface area contributed by atoms with Gasteiger partial charge in [-0.3, -0.25) is 4.79 Å². The summed E-state index contributed by atoms with van der Waals surface area (Å²) < 4.78 is 5.48. The molecule has 4 heteroatoms. The molecule has 0 aromatic carbocycles. The lowest BCUT2D eigenvalue weighted by Gasteiger charge is -2.43. The highest BCUT2D eigenvalue weighted by Crippen LogP contribution is 2.38. The molecule has 0 bridgehead atoms. The molecular formula is C14H26N2O2. The van der Waals surface area contributed by atoms with E-state index < -0.39 is 0 Å². The highest BCUT2D eigenvalue weighted by atomic mass is 16.5. The van der Waals surface area contributed by atoms with Crippen LogP contribution in [-0.4, -0.2) is 43.2 Å². The Morgan fingerprint density at radius 3 is 2.72 bits per heavy atom. The molecule has 2 aliphatic rings. The van der Waals surface area contributed by atoms with Crippen molar-refractivity contribution in [1.82, 2.24) is 4.90 Å². The highest BCUT2D eigenvalue weighted by Gasteiger charge is 2.42. The van der Waals surface area contributed by atoms with E-state index >= 15 is 0 Å². The van der Waals surface area contributed by atoms with E-state index in [1.807, 2.05) is 4.90 Å². The van der Waals surface area contributed by atoms with Crippen molar-refractivity contribution in [3.05, 3.63) is 0 Å². The minimum atomic E-state index is -0.275. The van der Waals surface area contributed by atoms with E-state index in [0.29, 0.717) is 25.7 Å². The van der Waals surface area contributed by atoms with Gasteiger partial charge in [0.05, 0.1) is 24.7 Å². The molecule has 1 unspecified atom stereocenters. The summed E-state index contributed by atoms with van der Waals surface area (Å²) in [4.78, 5) is 14.9. The van der Waals surface area contributed by atoms with Gasteiger partial charge in [-0.05, 0) is 19.3 Å². The Morgan fingerprint density at radius 1 is 1.39 bits per heavy atom. The number of hydrogen-bond acceptors (Lipinski definition) is 3. The van der Waals surface area contributed by atoms with E-state index in [4.69, 9.17) is 10.5 Å². The molecule has 1 saturated heterocycles. The molecule has 1 aliphatic heterocycles. The maximum absolute atomic E-state index is 12.9. The van der Waals surface area contributed by atoms with Gasteiger partial charge in [0.25, 0.3) is 0 Å². The molecule has 0 spiro atoms. The van der Waals surface area contributed by atoms with Crippen molar-refractivity contribution in [2.75, 3.05) is 26.3 Å². The van der Waals surface area contributed by atoms with Crippen LogP contribution in [0.4, 0.5) is 0 Å². The van der Waals surface area contributed by atoms with Crippen LogP contribution < -0.4 is 5.73 Å². The molecule has 2 fully saturated rings. The van der Waals surface area contributed by atoms with Crippen LogP contribution in [0.15, 0.2) is 0 Å². The average molecular weight is 254 g/mol. The zero-order valence-electron chi connectivity index (χ0n) is 11.5. The second kappa shape index (κ2) is 6.02. The lowest BCUT2D eigenvalue weighted by molar-refractivity contribution is -0.152. The van der Waals surface area contributed by atoms with Gasteiger partial charge in [-0.2, -0.15) is 0 Å². The number of ether oxygens (including phenoxy) is 1. The zero-order chi connectivity index (χ0) is 13.0. The van der Waals surface area contributed by atoms with Gasteiger partial charge in [-0.25, -0.2) is 0 Å². The summed E-state index contributed by atoms with van der Waals surface area (Å²) in [5.74, 6) is 0.292. The van der Waals surface area contributed by atoms with Gasteiger partial charge in [0.15, 0.2) is 0 Å². The summed E-state index contributed by atoms with van der Waals surface area (Å²) in [7, 11) is 0. The number of carbonyl (C=O) groups excluding carboxylic acids is 1. The number of carbonyl (C=O) groups is 1. The Kier molecular flexibility index (Phi) is 4.62. The number of rotatable bonds is 3. The highest BCUT2D eigenvalue weighted by molar-refractivity contribution is 5.83. The van der Waals surface area contributed by atoms with Gasteiger partial charge in [0.2, 0.25) is 5.91 Å². The van der Waals surface area contributed by atoms with E-state index in [0.717, 1.165) is 38.6 Å². The Labute approximate surface area is 110 Å². The van der Waals surface area contributed by atoms with Gasteiger partial charge in [0.1, 0.15) is 0 Å². The average Bonchev–Trinajstić information content (AvgIpc) is 2.47. The molecule has 0 aromatic rings. The van der Waals surface area contributed by atoms with Crippen LogP contribution in [-0.2, 0) is 9.53 Å². The van der Waals surface area contributed by atoms with Crippen LogP contribution in [0.2, 0.25) is 0 Å². The molecule has 0 radical (unpaired) electrons. The summed E-state index contributed by atoms with van der Waals surface area (Å²) in [6.45, 7) is 4.71. The lowest BCUT2D eigenvalue weighted by Crippen LogP contribution is -2.56. The van der Waals surface area contributed by atoms with Gasteiger partial charge in [-0.15, -0.1) is 0 Å². The molecule has 1 atom stereocenters. The van der Waals surface area contributed by atoms with E-state index in [2.05, 4.69) is 6.92 Å². The topological polar surface area (TPSA) is 55.6 Å². The van der Waals surface area contributed by atoms with Gasteiger partial charge in [-0.1, -0.05) is 26.2 Å². The van der Waals surface area contributed by atoms with Crippen LogP contribution in [0.25, 0.3) is 0 Å². The first kappa shape index (κ1) is 13.8. The van der Waals surface area contributed by atoms with Crippen LogP contribution in [0.3, 0.4) is 0 Å². The van der Waals surface area contributed by atoms with Crippen molar-refractivity contribution in [2.45, 2.75) is 51.5 Å². The van der Waals surface area contributed by atoms with Crippen LogP contribution in [0.5, 0.6) is 0 Å². The maximum Gasteiger partial charge on any atom is 0.230 e. The minimum Gasteiger partial charge on any atom is -0.377 e. The van der Waals surface area contributed by atoms with Crippen molar-refractivity contribution in [3.8, 4) is 0 Å². The van der Waals surface area contributed by atoms with Crippen LogP contribution in [0, 0.1) is 5.41 Å². The Balaban J connectivity index is 2.11. The number of amides is 1. The van der Waals surface area contributed by atoms with E-state index in [9.17, 15) is 4.79 Å². The zero-order valence-corrected chi connectivity index (χ0v) is 11.5. The molecular weight excluding hydrogens is 228 g/mol. The number of morpholine rings is 1. The van der Waals surface area contributed by atoms with Gasteiger partial charge in [0, 0.05) is 13.1 Å². The molecule has 1 aliphatic carbocycles. The second-order valence-corrected chi connectivity index (χ2v) is 5.68. The predicted octanol–water partition coefficient (Wildman–Crippen LogP) is 1.53. The Hall–Kier alpha value is -0.610. The fourth-order valence-electron chi connectivity index (χ4n) is 3.30. The van der Waals surface area contributed by atoms with Crippen LogP contribution >= 0.6 is 0 Å². The molecule has 18 heavy (non-hydrogen) atoms. The Bertz CT molecular complexity index is 288. The number of nitrogens with zero attached hydrogens (tertiary/aromatic N) is 1. The molecule has 1 saturated carbocycles. The summed E-state index contributed by atoms with van der Waals surface area (Å²) in [6.07, 6.45) is 6.43. The number of hydrogen-bond donors (Lipinski definition) is 1. The lowest BCUT2D eigenvalue weighted by atomic mass is 9.72. The maximum atomic E-state index is 12.9. The molecule has 0 aromatic heterocycles. The van der Waals surface area contributed by atoms with Crippen LogP contribution in [0.1, 0.15) is 45.4 Å². The first-order valence-corrected chi connectivity index (χ1v) is 7.32. The molecule has 2 rings (SSSR count). The van der Waals surface area contributed by atoms with Crippen molar-refractivity contribution >= 4 is 5.91 Å². The largest absolute Gasteiger partial charge is 0.377 e. The second-order valence-electron chi connectivity index (χ2n) is 5.68. The summed E-state index contributed by atoms with van der Waals surface area (Å²) in [5.41, 5.74) is 5.68. The molecule has 4 nitrogen and oxygen atoms in total. The fraction of sp³-hybridized carbons (Fsp3) is 0.929. The first-order valence-electron chi connectivity index (χ1n) is 7.32. The third-order valence-electron chi connectivity index (χ3n) is 4.61. The molecule has 1 amide bonds. The Morgan fingerprint density at radius 2 is 2.11 bits per heavy atom. The monoisotopic (exact) mass is 254 g/mol. The standard InChI is InChI=1S/C14H26N2O2/c1-2-12-10-18-9-8-16(12)13(17)14(11-15)6-4-3-5-7-14/h12H,2-11,15H2,1H3.